The fraction of sp³-hybridized carbons (Fsp3) is 0.615. The predicted molar refractivity (Wildman–Crippen MR) is 134 cm³/mol. The minimum Gasteiger partial charge on any atom is -0.464 e. The quantitative estimate of drug-likeness (QED) is 0.324. The van der Waals surface area contributed by atoms with Gasteiger partial charge in [-0.2, -0.15) is 0 Å². The zero-order valence-corrected chi connectivity index (χ0v) is 22.0. The molecule has 5 N–H and O–H groups in total. The zero-order valence-electron chi connectivity index (χ0n) is 22.0. The van der Waals surface area contributed by atoms with E-state index in [9.17, 15) is 29.4 Å². The lowest BCUT2D eigenvalue weighted by Crippen LogP contribution is -2.60. The van der Waals surface area contributed by atoms with Gasteiger partial charge < -0.3 is 35.6 Å². The maximum absolute atomic E-state index is 13.1. The van der Waals surface area contributed by atoms with E-state index in [-0.39, 0.29) is 25.7 Å². The Morgan fingerprint density at radius 1 is 0.946 bits per heavy atom. The number of amides is 3. The average Bonchev–Trinajstić information content (AvgIpc) is 2.86. The summed E-state index contributed by atoms with van der Waals surface area (Å²) in [5, 5.41) is 28.5. The van der Waals surface area contributed by atoms with Gasteiger partial charge in [0, 0.05) is 5.92 Å². The predicted octanol–water partition coefficient (Wildman–Crippen LogP) is -0.116. The second-order valence-corrected chi connectivity index (χ2v) is 9.91. The molecule has 0 aliphatic carbocycles. The van der Waals surface area contributed by atoms with Crippen LogP contribution in [-0.2, 0) is 35.3 Å². The molecule has 0 saturated carbocycles. The van der Waals surface area contributed by atoms with Crippen molar-refractivity contribution < 1.29 is 38.9 Å². The van der Waals surface area contributed by atoms with Gasteiger partial charge in [0.25, 0.3) is 0 Å². The van der Waals surface area contributed by atoms with Crippen LogP contribution in [0.4, 0.5) is 0 Å². The molecule has 7 atom stereocenters. The van der Waals surface area contributed by atoms with Crippen molar-refractivity contribution >= 4 is 23.7 Å². The molecular weight excluding hydrogens is 482 g/mol. The highest BCUT2D eigenvalue weighted by Gasteiger charge is 2.36. The van der Waals surface area contributed by atoms with Gasteiger partial charge in [0.1, 0.15) is 12.1 Å². The van der Waals surface area contributed by atoms with E-state index < -0.39 is 65.9 Å². The third-order valence-electron chi connectivity index (χ3n) is 6.30. The molecule has 37 heavy (non-hydrogen) atoms. The van der Waals surface area contributed by atoms with Gasteiger partial charge in [-0.3, -0.25) is 14.4 Å². The molecule has 206 valence electrons. The summed E-state index contributed by atoms with van der Waals surface area (Å²) in [5.74, 6) is -4.78. The number of hydrogen-bond donors (Lipinski definition) is 5. The Hall–Kier alpha value is -3.02. The van der Waals surface area contributed by atoms with Crippen LogP contribution in [0.2, 0.25) is 0 Å². The molecule has 1 heterocycles. The molecular formula is C26H39N3O8. The van der Waals surface area contributed by atoms with Crippen LogP contribution >= 0.6 is 0 Å². The van der Waals surface area contributed by atoms with Crippen LogP contribution in [0.25, 0.3) is 0 Å². The van der Waals surface area contributed by atoms with E-state index in [4.69, 9.17) is 9.47 Å². The van der Waals surface area contributed by atoms with E-state index in [2.05, 4.69) is 16.0 Å². The van der Waals surface area contributed by atoms with Gasteiger partial charge in [0.15, 0.2) is 6.04 Å². The van der Waals surface area contributed by atoms with Crippen LogP contribution in [0.3, 0.4) is 0 Å². The summed E-state index contributed by atoms with van der Waals surface area (Å²) in [5.41, 5.74) is 0.857. The Morgan fingerprint density at radius 2 is 1.54 bits per heavy atom. The molecule has 2 rings (SSSR count). The van der Waals surface area contributed by atoms with Crippen molar-refractivity contribution in [3.05, 3.63) is 35.9 Å². The summed E-state index contributed by atoms with van der Waals surface area (Å²) in [6.07, 6.45) is -2.48. The van der Waals surface area contributed by atoms with Crippen molar-refractivity contribution in [2.45, 2.75) is 71.6 Å². The maximum Gasteiger partial charge on any atom is 0.331 e. The number of rotatable bonds is 6. The van der Waals surface area contributed by atoms with Gasteiger partial charge in [-0.05, 0) is 18.4 Å². The number of carbonyl (C=O) groups is 4. The average molecular weight is 522 g/mol. The molecule has 1 aliphatic heterocycles. The molecule has 0 bridgehead atoms. The van der Waals surface area contributed by atoms with Crippen LogP contribution < -0.4 is 16.0 Å². The number of nitrogens with one attached hydrogen (secondary N) is 3. The van der Waals surface area contributed by atoms with Crippen LogP contribution in [-0.4, -0.2) is 77.5 Å². The highest BCUT2D eigenvalue weighted by atomic mass is 16.5. The number of ether oxygens (including phenoxy) is 2. The summed E-state index contributed by atoms with van der Waals surface area (Å²) in [6, 6.07) is 5.53. The fourth-order valence-corrected chi connectivity index (χ4v) is 3.83. The number of benzene rings is 1. The molecule has 0 radical (unpaired) electrons. The Balaban J connectivity index is 2.31. The van der Waals surface area contributed by atoms with Crippen molar-refractivity contribution in [2.24, 2.45) is 17.8 Å². The maximum atomic E-state index is 13.1. The SMILES string of the molecule is CC(C)[C@@H]1NC(=O)[C@H](C)[C@H](O)[C@@H](C)COC(=O)[C@H](COCc2ccccc2)NC(=O)[C@H]([C@@H](C)O)NC1=O. The van der Waals surface area contributed by atoms with Gasteiger partial charge in [-0.25, -0.2) is 4.79 Å². The Bertz CT molecular complexity index is 924. The molecule has 3 amide bonds. The number of esters is 1. The van der Waals surface area contributed by atoms with Gasteiger partial charge in [-0.1, -0.05) is 58.0 Å². The minimum atomic E-state index is -1.41. The van der Waals surface area contributed by atoms with Crippen LogP contribution in [0.15, 0.2) is 30.3 Å². The summed E-state index contributed by atoms with van der Waals surface area (Å²) in [7, 11) is 0. The van der Waals surface area contributed by atoms with Crippen LogP contribution in [0.1, 0.15) is 40.2 Å². The fourth-order valence-electron chi connectivity index (χ4n) is 3.83. The van der Waals surface area contributed by atoms with E-state index in [1.807, 2.05) is 30.3 Å². The monoisotopic (exact) mass is 521 g/mol. The molecule has 1 saturated heterocycles. The van der Waals surface area contributed by atoms with Crippen LogP contribution in [0.5, 0.6) is 0 Å². The third-order valence-corrected chi connectivity index (χ3v) is 6.30. The van der Waals surface area contributed by atoms with E-state index in [0.29, 0.717) is 0 Å². The summed E-state index contributed by atoms with van der Waals surface area (Å²) in [6.45, 7) is 7.60. The molecule has 1 fully saturated rings. The van der Waals surface area contributed by atoms with Crippen molar-refractivity contribution in [1.82, 2.24) is 16.0 Å². The first-order chi connectivity index (χ1) is 17.4. The van der Waals surface area contributed by atoms with Crippen molar-refractivity contribution in [3.63, 3.8) is 0 Å². The number of aliphatic hydroxyl groups excluding tert-OH is 2. The smallest absolute Gasteiger partial charge is 0.331 e. The topological polar surface area (TPSA) is 163 Å². The summed E-state index contributed by atoms with van der Waals surface area (Å²) >= 11 is 0. The number of cyclic esters (lactones) is 1. The second-order valence-electron chi connectivity index (χ2n) is 9.91. The largest absolute Gasteiger partial charge is 0.464 e. The molecule has 1 aromatic carbocycles. The highest BCUT2D eigenvalue weighted by Crippen LogP contribution is 2.16. The first kappa shape index (κ1) is 30.2. The number of hydrogen-bond acceptors (Lipinski definition) is 8. The van der Waals surface area contributed by atoms with E-state index >= 15 is 0 Å². The van der Waals surface area contributed by atoms with Gasteiger partial charge >= 0.3 is 5.97 Å². The van der Waals surface area contributed by atoms with E-state index in [0.717, 1.165) is 5.56 Å². The molecule has 1 aliphatic rings. The first-order valence-corrected chi connectivity index (χ1v) is 12.5. The Kier molecular flexibility index (Phi) is 11.5. The van der Waals surface area contributed by atoms with Crippen molar-refractivity contribution in [3.8, 4) is 0 Å². The minimum absolute atomic E-state index is 0.174. The standard InChI is InChI=1S/C26H39N3O8/c1-14(2)20-24(33)29-21(17(5)30)25(34)27-19(13-36-12-18-9-7-6-8-10-18)26(35)37-11-15(3)22(31)16(4)23(32)28-20/h6-10,14-17,19-22,30-31H,11-13H2,1-5H3,(H,27,34)(H,28,32)(H,29,33)/t15-,16+,17+,19-,20-,21-,22+/m0/s1. The molecule has 11 heteroatoms. The van der Waals surface area contributed by atoms with E-state index in [1.54, 1.807) is 20.8 Å². The summed E-state index contributed by atoms with van der Waals surface area (Å²) in [4.78, 5) is 51.8. The molecule has 0 aromatic heterocycles. The van der Waals surface area contributed by atoms with Crippen molar-refractivity contribution in [1.29, 1.82) is 0 Å². The van der Waals surface area contributed by atoms with Crippen LogP contribution in [0, 0.1) is 17.8 Å². The lowest BCUT2D eigenvalue weighted by Gasteiger charge is -2.28. The molecule has 0 spiro atoms. The van der Waals surface area contributed by atoms with Gasteiger partial charge in [-0.15, -0.1) is 0 Å². The second kappa shape index (κ2) is 14.1. The first-order valence-electron chi connectivity index (χ1n) is 12.5. The number of aliphatic hydroxyl groups is 2. The highest BCUT2D eigenvalue weighted by molar-refractivity contribution is 5.94. The molecule has 11 nitrogen and oxygen atoms in total. The van der Waals surface area contributed by atoms with Crippen molar-refractivity contribution in [2.75, 3.05) is 13.2 Å². The van der Waals surface area contributed by atoms with Gasteiger partial charge in [0.2, 0.25) is 17.7 Å². The lowest BCUT2D eigenvalue weighted by atomic mass is 9.92. The van der Waals surface area contributed by atoms with E-state index in [1.165, 1.54) is 13.8 Å². The Morgan fingerprint density at radius 3 is 2.14 bits per heavy atom. The molecule has 1 aromatic rings. The Labute approximate surface area is 217 Å². The number of carbonyl (C=O) groups excluding carboxylic acids is 4. The normalized spacial score (nSPS) is 29.3. The lowest BCUT2D eigenvalue weighted by molar-refractivity contribution is -0.153. The van der Waals surface area contributed by atoms with Gasteiger partial charge in [0.05, 0.1) is 37.9 Å². The molecule has 0 unspecified atom stereocenters. The zero-order chi connectivity index (χ0) is 27.7. The third kappa shape index (κ3) is 8.80. The summed E-state index contributed by atoms with van der Waals surface area (Å²) < 4.78 is 11.0.